The topological polar surface area (TPSA) is 76.1 Å². The van der Waals surface area contributed by atoms with Gasteiger partial charge in [-0.3, -0.25) is 4.79 Å². The number of fused-ring (bicyclic) bond motifs is 1. The van der Waals surface area contributed by atoms with Gasteiger partial charge in [0.1, 0.15) is 0 Å². The van der Waals surface area contributed by atoms with Crippen molar-refractivity contribution in [2.24, 2.45) is 0 Å². The molecule has 0 saturated carbocycles. The molecule has 0 aliphatic carbocycles. The minimum atomic E-state index is -1.02. The lowest BCUT2D eigenvalue weighted by Crippen LogP contribution is -2.42. The van der Waals surface area contributed by atoms with E-state index in [0.717, 1.165) is 0 Å². The van der Waals surface area contributed by atoms with Gasteiger partial charge in [-0.05, 0) is 30.7 Å². The molecule has 2 aliphatic rings. The zero-order valence-electron chi connectivity index (χ0n) is 10.8. The minimum absolute atomic E-state index is 0.134. The Bertz CT molecular complexity index is 622. The monoisotopic (exact) mass is 275 g/mol. The molecule has 2 heterocycles. The van der Waals surface area contributed by atoms with Gasteiger partial charge in [-0.15, -0.1) is 0 Å². The predicted molar refractivity (Wildman–Crippen MR) is 68.8 cm³/mol. The number of amides is 1. The Morgan fingerprint density at radius 3 is 2.80 bits per heavy atom. The molecular formula is C14H13NO5. The van der Waals surface area contributed by atoms with Crippen LogP contribution in [-0.4, -0.2) is 41.3 Å². The molecule has 2 aliphatic heterocycles. The van der Waals surface area contributed by atoms with Crippen molar-refractivity contribution in [1.82, 2.24) is 4.90 Å². The van der Waals surface area contributed by atoms with Crippen molar-refractivity contribution in [3.05, 3.63) is 35.4 Å². The first kappa shape index (κ1) is 12.5. The van der Waals surface area contributed by atoms with E-state index in [0.29, 0.717) is 29.2 Å². The molecule has 6 heteroatoms. The quantitative estimate of drug-likeness (QED) is 0.823. The lowest BCUT2D eigenvalue weighted by molar-refractivity contribution is -0.140. The van der Waals surface area contributed by atoms with Crippen molar-refractivity contribution in [2.75, 3.05) is 13.3 Å². The van der Waals surface area contributed by atoms with Crippen molar-refractivity contribution in [2.45, 2.75) is 13.0 Å². The summed E-state index contributed by atoms with van der Waals surface area (Å²) in [5.74, 6) is -0.257. The third-order valence-corrected chi connectivity index (χ3v) is 3.47. The first-order valence-corrected chi connectivity index (χ1v) is 6.18. The molecule has 1 unspecified atom stereocenters. The summed E-state index contributed by atoms with van der Waals surface area (Å²) in [5.41, 5.74) is 1.06. The van der Waals surface area contributed by atoms with Crippen LogP contribution in [0.4, 0.5) is 0 Å². The number of hydrogen-bond donors (Lipinski definition) is 1. The highest BCUT2D eigenvalue weighted by molar-refractivity contribution is 5.98. The first-order chi connectivity index (χ1) is 9.58. The molecule has 20 heavy (non-hydrogen) atoms. The van der Waals surface area contributed by atoms with Crippen molar-refractivity contribution in [3.8, 4) is 11.5 Å². The Kier molecular flexibility index (Phi) is 2.85. The van der Waals surface area contributed by atoms with Crippen LogP contribution < -0.4 is 9.47 Å². The van der Waals surface area contributed by atoms with Gasteiger partial charge >= 0.3 is 5.97 Å². The second-order valence-electron chi connectivity index (χ2n) is 4.71. The summed E-state index contributed by atoms with van der Waals surface area (Å²) in [6.07, 6.45) is 1.75. The van der Waals surface area contributed by atoms with Gasteiger partial charge in [0.2, 0.25) is 6.79 Å². The maximum absolute atomic E-state index is 12.4. The van der Waals surface area contributed by atoms with Crippen LogP contribution in [0.2, 0.25) is 0 Å². The number of carboxylic acid groups (broad SMARTS) is 1. The smallest absolute Gasteiger partial charge is 0.330 e. The maximum atomic E-state index is 12.4. The van der Waals surface area contributed by atoms with Gasteiger partial charge in [-0.2, -0.15) is 0 Å². The van der Waals surface area contributed by atoms with Gasteiger partial charge in [0.05, 0.1) is 0 Å². The first-order valence-electron chi connectivity index (χ1n) is 6.18. The van der Waals surface area contributed by atoms with Crippen LogP contribution in [-0.2, 0) is 4.79 Å². The summed E-state index contributed by atoms with van der Waals surface area (Å²) in [6, 6.07) is 3.95. The van der Waals surface area contributed by atoms with E-state index in [-0.39, 0.29) is 12.7 Å². The van der Waals surface area contributed by atoms with E-state index < -0.39 is 12.0 Å². The lowest BCUT2D eigenvalue weighted by Gasteiger charge is -2.23. The molecule has 0 saturated heterocycles. The Hall–Kier alpha value is -2.50. The summed E-state index contributed by atoms with van der Waals surface area (Å²) in [6.45, 7) is 2.15. The number of nitrogens with zero attached hydrogens (tertiary/aromatic N) is 1. The molecule has 3 rings (SSSR count). The van der Waals surface area contributed by atoms with Gasteiger partial charge in [0.15, 0.2) is 17.5 Å². The second-order valence-corrected chi connectivity index (χ2v) is 4.71. The van der Waals surface area contributed by atoms with E-state index in [9.17, 15) is 14.7 Å². The summed E-state index contributed by atoms with van der Waals surface area (Å²) < 4.78 is 10.4. The van der Waals surface area contributed by atoms with E-state index in [1.54, 1.807) is 31.2 Å². The van der Waals surface area contributed by atoms with Crippen LogP contribution in [0.15, 0.2) is 29.8 Å². The van der Waals surface area contributed by atoms with E-state index in [1.807, 2.05) is 0 Å². The van der Waals surface area contributed by atoms with Crippen molar-refractivity contribution < 1.29 is 24.2 Å². The van der Waals surface area contributed by atoms with Crippen LogP contribution in [0, 0.1) is 0 Å². The standard InChI is InChI=1S/C14H13NO5/c1-8-4-5-15(12(8)14(17)18)13(16)9-2-3-10-11(6-9)20-7-19-10/h2-4,6,12H,5,7H2,1H3,(H,17,18). The van der Waals surface area contributed by atoms with Crippen molar-refractivity contribution in [3.63, 3.8) is 0 Å². The summed E-state index contributed by atoms with van der Waals surface area (Å²) in [7, 11) is 0. The average Bonchev–Trinajstić information content (AvgIpc) is 3.02. The van der Waals surface area contributed by atoms with Crippen LogP contribution in [0.5, 0.6) is 11.5 Å². The van der Waals surface area contributed by atoms with Crippen LogP contribution in [0.25, 0.3) is 0 Å². The van der Waals surface area contributed by atoms with E-state index in [1.165, 1.54) is 4.90 Å². The van der Waals surface area contributed by atoms with Gasteiger partial charge in [-0.1, -0.05) is 6.08 Å². The zero-order valence-corrected chi connectivity index (χ0v) is 10.8. The molecule has 0 bridgehead atoms. The van der Waals surface area contributed by atoms with Gasteiger partial charge in [0.25, 0.3) is 5.91 Å². The van der Waals surface area contributed by atoms with E-state index in [4.69, 9.17) is 9.47 Å². The lowest BCUT2D eigenvalue weighted by atomic mass is 10.1. The van der Waals surface area contributed by atoms with Crippen LogP contribution in [0.3, 0.4) is 0 Å². The molecule has 0 spiro atoms. The molecular weight excluding hydrogens is 262 g/mol. The molecule has 1 aromatic rings. The highest BCUT2D eigenvalue weighted by atomic mass is 16.7. The number of ether oxygens (including phenoxy) is 2. The molecule has 6 nitrogen and oxygen atoms in total. The molecule has 0 radical (unpaired) electrons. The Morgan fingerprint density at radius 2 is 2.05 bits per heavy atom. The number of aliphatic carboxylic acids is 1. The number of carboxylic acids is 1. The molecule has 1 N–H and O–H groups in total. The number of carbonyl (C=O) groups is 2. The maximum Gasteiger partial charge on any atom is 0.330 e. The second kappa shape index (κ2) is 4.56. The fourth-order valence-electron chi connectivity index (χ4n) is 2.43. The number of carbonyl (C=O) groups excluding carboxylic acids is 1. The number of hydrogen-bond acceptors (Lipinski definition) is 4. The molecule has 1 amide bonds. The zero-order chi connectivity index (χ0) is 14.3. The van der Waals surface area contributed by atoms with Crippen LogP contribution in [0.1, 0.15) is 17.3 Å². The van der Waals surface area contributed by atoms with E-state index >= 15 is 0 Å². The average molecular weight is 275 g/mol. The Morgan fingerprint density at radius 1 is 1.30 bits per heavy atom. The molecule has 1 atom stereocenters. The normalized spacial score (nSPS) is 19.9. The van der Waals surface area contributed by atoms with Crippen LogP contribution >= 0.6 is 0 Å². The van der Waals surface area contributed by atoms with Gasteiger partial charge in [-0.25, -0.2) is 4.79 Å². The molecule has 0 fully saturated rings. The minimum Gasteiger partial charge on any atom is -0.479 e. The SMILES string of the molecule is CC1=CCN(C(=O)c2ccc3c(c2)OCO3)C1C(=O)O. The third kappa shape index (κ3) is 1.89. The highest BCUT2D eigenvalue weighted by Gasteiger charge is 2.35. The van der Waals surface area contributed by atoms with E-state index in [2.05, 4.69) is 0 Å². The fraction of sp³-hybridized carbons (Fsp3) is 0.286. The number of benzene rings is 1. The Labute approximate surface area is 115 Å². The van der Waals surface area contributed by atoms with Gasteiger partial charge < -0.3 is 19.5 Å². The largest absolute Gasteiger partial charge is 0.479 e. The third-order valence-electron chi connectivity index (χ3n) is 3.47. The van der Waals surface area contributed by atoms with Gasteiger partial charge in [0, 0.05) is 12.1 Å². The summed E-state index contributed by atoms with van der Waals surface area (Å²) >= 11 is 0. The molecule has 0 aromatic heterocycles. The Balaban J connectivity index is 1.88. The summed E-state index contributed by atoms with van der Waals surface area (Å²) in [4.78, 5) is 25.0. The fourth-order valence-corrected chi connectivity index (χ4v) is 2.43. The van der Waals surface area contributed by atoms with Crippen molar-refractivity contribution >= 4 is 11.9 Å². The number of rotatable bonds is 2. The highest BCUT2D eigenvalue weighted by Crippen LogP contribution is 2.33. The summed E-state index contributed by atoms with van der Waals surface area (Å²) in [5, 5.41) is 9.23. The predicted octanol–water partition coefficient (Wildman–Crippen LogP) is 1.27. The van der Waals surface area contributed by atoms with Crippen molar-refractivity contribution in [1.29, 1.82) is 0 Å². The molecule has 1 aromatic carbocycles. The molecule has 104 valence electrons.